The Balaban J connectivity index is 2.77. The van der Waals surface area contributed by atoms with Gasteiger partial charge in [-0.15, -0.1) is 0 Å². The molecule has 0 spiro atoms. The number of allylic oxidation sites excluding steroid dienone is 3. The van der Waals surface area contributed by atoms with E-state index in [0.29, 0.717) is 26.8 Å². The van der Waals surface area contributed by atoms with Crippen molar-refractivity contribution in [1.29, 1.82) is 0 Å². The molecule has 1 aromatic carbocycles. The summed E-state index contributed by atoms with van der Waals surface area (Å²) in [6.07, 6.45) is 4.64. The molecule has 0 N–H and O–H groups in total. The fraction of sp³-hybridized carbons (Fsp3) is 0.444. The van der Waals surface area contributed by atoms with Crippen LogP contribution in [0.3, 0.4) is 0 Å². The quantitative estimate of drug-likeness (QED) is 0.510. The van der Waals surface area contributed by atoms with E-state index in [0.717, 1.165) is 6.42 Å². The van der Waals surface area contributed by atoms with Crippen LogP contribution in [-0.4, -0.2) is 15.0 Å². The summed E-state index contributed by atoms with van der Waals surface area (Å²) in [5, 5.41) is 0. The number of rotatable bonds is 7. The van der Waals surface area contributed by atoms with Crippen LogP contribution in [0.25, 0.3) is 0 Å². The number of hydrogen-bond donors (Lipinski definition) is 0. The van der Waals surface area contributed by atoms with Gasteiger partial charge in [0.15, 0.2) is 0 Å². The van der Waals surface area contributed by atoms with Crippen molar-refractivity contribution >= 4 is 19.4 Å². The van der Waals surface area contributed by atoms with Crippen LogP contribution in [0.5, 0.6) is 0 Å². The first kappa shape index (κ1) is 16.3. The number of benzene rings is 1. The van der Waals surface area contributed by atoms with Crippen molar-refractivity contribution in [3.05, 3.63) is 53.0 Å². The summed E-state index contributed by atoms with van der Waals surface area (Å²) in [5.74, 6) is 1.40. The summed E-state index contributed by atoms with van der Waals surface area (Å²) in [6.45, 7) is 13.3. The van der Waals surface area contributed by atoms with Crippen molar-refractivity contribution in [2.24, 2.45) is 11.8 Å². The van der Waals surface area contributed by atoms with Crippen LogP contribution in [0.2, 0.25) is 0 Å². The standard InChI is InChI=1S/C18H26Se/c1-14(2)11-16(5)13-18(12-15(3)4)19-17-9-7-6-8-10-17/h6-10,13-15H,5,11-12H2,1-4H3/b18-13+. The average Bonchev–Trinajstić information content (AvgIpc) is 2.27. The van der Waals surface area contributed by atoms with Crippen LogP contribution < -0.4 is 4.46 Å². The second kappa shape index (κ2) is 8.40. The molecule has 0 amide bonds. The minimum absolute atomic E-state index is 0.436. The second-order valence-corrected chi connectivity index (χ2v) is 8.40. The SMILES string of the molecule is C=C(/C=C(\CC(C)C)[Se]c1ccccc1)CC(C)C. The molecule has 0 aliphatic carbocycles. The predicted molar refractivity (Wildman–Crippen MR) is 88.0 cm³/mol. The topological polar surface area (TPSA) is 0 Å². The molecule has 104 valence electrons. The van der Waals surface area contributed by atoms with Crippen LogP contribution in [0.1, 0.15) is 40.5 Å². The van der Waals surface area contributed by atoms with Gasteiger partial charge in [0.05, 0.1) is 0 Å². The third-order valence-electron chi connectivity index (χ3n) is 2.64. The van der Waals surface area contributed by atoms with Gasteiger partial charge in [0.2, 0.25) is 0 Å². The van der Waals surface area contributed by atoms with E-state index in [1.54, 1.807) is 4.47 Å². The van der Waals surface area contributed by atoms with Crippen molar-refractivity contribution in [3.8, 4) is 0 Å². The Hall–Kier alpha value is -0.781. The Morgan fingerprint density at radius 1 is 1.05 bits per heavy atom. The Labute approximate surface area is 125 Å². The minimum atomic E-state index is 0.436. The summed E-state index contributed by atoms with van der Waals surface area (Å²) in [4.78, 5) is 0. The third-order valence-corrected chi connectivity index (χ3v) is 4.85. The summed E-state index contributed by atoms with van der Waals surface area (Å²) in [7, 11) is 0. The van der Waals surface area contributed by atoms with Crippen molar-refractivity contribution in [2.45, 2.75) is 40.5 Å². The van der Waals surface area contributed by atoms with E-state index < -0.39 is 0 Å². The van der Waals surface area contributed by atoms with Crippen molar-refractivity contribution in [3.63, 3.8) is 0 Å². The molecule has 0 radical (unpaired) electrons. The van der Waals surface area contributed by atoms with Gasteiger partial charge in [-0.05, 0) is 0 Å². The summed E-state index contributed by atoms with van der Waals surface area (Å²) in [5.41, 5.74) is 1.28. The van der Waals surface area contributed by atoms with Gasteiger partial charge in [0, 0.05) is 0 Å². The van der Waals surface area contributed by atoms with Crippen LogP contribution in [0, 0.1) is 11.8 Å². The first-order valence-electron chi connectivity index (χ1n) is 7.08. The van der Waals surface area contributed by atoms with Crippen LogP contribution in [0.15, 0.2) is 53.0 Å². The van der Waals surface area contributed by atoms with E-state index in [-0.39, 0.29) is 0 Å². The zero-order valence-corrected chi connectivity index (χ0v) is 14.4. The molecule has 0 heterocycles. The summed E-state index contributed by atoms with van der Waals surface area (Å²) >= 11 is 0.436. The van der Waals surface area contributed by atoms with E-state index in [1.165, 1.54) is 16.5 Å². The second-order valence-electron chi connectivity index (χ2n) is 5.88. The van der Waals surface area contributed by atoms with E-state index in [1.807, 2.05) is 0 Å². The van der Waals surface area contributed by atoms with Crippen LogP contribution in [0.4, 0.5) is 0 Å². The van der Waals surface area contributed by atoms with Gasteiger partial charge in [-0.2, -0.15) is 0 Å². The molecule has 0 saturated carbocycles. The molecule has 1 rings (SSSR count). The molecule has 0 fully saturated rings. The number of hydrogen-bond acceptors (Lipinski definition) is 0. The Morgan fingerprint density at radius 2 is 1.63 bits per heavy atom. The van der Waals surface area contributed by atoms with Gasteiger partial charge < -0.3 is 0 Å². The Bertz CT molecular complexity index is 413. The first-order valence-corrected chi connectivity index (χ1v) is 8.80. The maximum atomic E-state index is 4.22. The molecule has 19 heavy (non-hydrogen) atoms. The van der Waals surface area contributed by atoms with E-state index >= 15 is 0 Å². The van der Waals surface area contributed by atoms with Crippen LogP contribution in [-0.2, 0) is 0 Å². The third kappa shape index (κ3) is 7.40. The van der Waals surface area contributed by atoms with Gasteiger partial charge >= 0.3 is 125 Å². The van der Waals surface area contributed by atoms with Crippen molar-refractivity contribution < 1.29 is 0 Å². The Kier molecular flexibility index (Phi) is 7.20. The zero-order valence-electron chi connectivity index (χ0n) is 12.6. The molecular weight excluding hydrogens is 295 g/mol. The van der Waals surface area contributed by atoms with Crippen LogP contribution >= 0.6 is 0 Å². The average molecular weight is 321 g/mol. The van der Waals surface area contributed by atoms with Gasteiger partial charge in [0.1, 0.15) is 0 Å². The first-order chi connectivity index (χ1) is 8.97. The molecule has 1 heteroatoms. The summed E-state index contributed by atoms with van der Waals surface area (Å²) < 4.78 is 3.03. The fourth-order valence-corrected chi connectivity index (χ4v) is 4.58. The van der Waals surface area contributed by atoms with Gasteiger partial charge in [0.25, 0.3) is 0 Å². The fourth-order valence-electron chi connectivity index (χ4n) is 1.98. The molecule has 0 aromatic heterocycles. The zero-order chi connectivity index (χ0) is 14.3. The van der Waals surface area contributed by atoms with E-state index in [2.05, 4.69) is 70.7 Å². The molecule has 0 atom stereocenters. The monoisotopic (exact) mass is 322 g/mol. The molecule has 1 aromatic rings. The molecule has 0 aliphatic heterocycles. The van der Waals surface area contributed by atoms with Crippen molar-refractivity contribution in [1.82, 2.24) is 0 Å². The molecular formula is C18H26Se. The molecule has 0 bridgehead atoms. The molecule has 0 nitrogen and oxygen atoms in total. The van der Waals surface area contributed by atoms with Gasteiger partial charge in [-0.3, -0.25) is 0 Å². The molecule has 0 aliphatic rings. The molecule has 0 saturated heterocycles. The Morgan fingerprint density at radius 3 is 2.16 bits per heavy atom. The van der Waals surface area contributed by atoms with Gasteiger partial charge in [-0.25, -0.2) is 0 Å². The van der Waals surface area contributed by atoms with Gasteiger partial charge in [-0.1, -0.05) is 0 Å². The normalized spacial score (nSPS) is 12.2. The van der Waals surface area contributed by atoms with E-state index in [9.17, 15) is 0 Å². The predicted octanol–water partition coefficient (Wildman–Crippen LogP) is 4.55. The van der Waals surface area contributed by atoms with Crippen molar-refractivity contribution in [2.75, 3.05) is 0 Å². The summed E-state index contributed by atoms with van der Waals surface area (Å²) in [6, 6.07) is 10.8. The molecule has 0 unspecified atom stereocenters. The maximum absolute atomic E-state index is 4.22. The van der Waals surface area contributed by atoms with E-state index in [4.69, 9.17) is 0 Å².